The van der Waals surface area contributed by atoms with E-state index in [0.29, 0.717) is 13.1 Å². The smallest absolute Gasteiger partial charge is 0.410 e. The topological polar surface area (TPSA) is 79.8 Å². The normalized spacial score (nSPS) is 18.4. The second-order valence-electron chi connectivity index (χ2n) is 9.57. The monoisotopic (exact) mass is 493 g/mol. The van der Waals surface area contributed by atoms with Gasteiger partial charge in [0, 0.05) is 50.9 Å². The minimum atomic E-state index is -3.46. The van der Waals surface area contributed by atoms with E-state index in [2.05, 4.69) is 18.2 Å². The molecule has 5 rings (SSSR count). The van der Waals surface area contributed by atoms with Crippen LogP contribution in [0, 0.1) is 0 Å². The van der Waals surface area contributed by atoms with Gasteiger partial charge in [-0.05, 0) is 67.0 Å². The number of pyridine rings is 1. The van der Waals surface area contributed by atoms with Crippen molar-refractivity contribution in [1.29, 1.82) is 0 Å². The van der Waals surface area contributed by atoms with Crippen molar-refractivity contribution >= 4 is 21.7 Å². The maximum absolute atomic E-state index is 12.5. The summed E-state index contributed by atoms with van der Waals surface area (Å²) in [6.45, 7) is 1.21. The summed E-state index contributed by atoms with van der Waals surface area (Å²) in [6.07, 6.45) is 11.9. The van der Waals surface area contributed by atoms with E-state index in [-0.39, 0.29) is 17.1 Å². The lowest BCUT2D eigenvalue weighted by molar-refractivity contribution is 0.0676. The number of allylic oxidation sites excluding steroid dienone is 2. The first kappa shape index (κ1) is 23.8. The number of nitrogens with zero attached hydrogens (tertiary/aromatic N) is 3. The number of carbonyl (C=O) groups excluding carboxylic acids is 1. The van der Waals surface area contributed by atoms with Gasteiger partial charge in [0.15, 0.2) is 0 Å². The molecule has 1 saturated carbocycles. The van der Waals surface area contributed by atoms with Crippen LogP contribution in [0.4, 0.5) is 4.79 Å². The van der Waals surface area contributed by atoms with Gasteiger partial charge in [0.05, 0.1) is 10.6 Å². The Hall–Kier alpha value is -2.97. The zero-order chi connectivity index (χ0) is 24.6. The molecule has 8 heteroatoms. The first-order chi connectivity index (χ1) is 16.8. The molecule has 0 bridgehead atoms. The van der Waals surface area contributed by atoms with E-state index in [1.807, 2.05) is 18.3 Å². The van der Waals surface area contributed by atoms with Crippen molar-refractivity contribution in [2.45, 2.75) is 49.5 Å². The average Bonchev–Trinajstić information content (AvgIpc) is 3.53. The van der Waals surface area contributed by atoms with Gasteiger partial charge < -0.3 is 9.64 Å². The van der Waals surface area contributed by atoms with Crippen LogP contribution >= 0.6 is 0 Å². The fourth-order valence-electron chi connectivity index (χ4n) is 4.99. The molecule has 2 heterocycles. The van der Waals surface area contributed by atoms with Crippen LogP contribution in [0.1, 0.15) is 43.4 Å². The molecule has 1 aliphatic heterocycles. The van der Waals surface area contributed by atoms with Crippen molar-refractivity contribution < 1.29 is 17.9 Å². The fraction of sp³-hybridized carbons (Fsp3) is 0.407. The van der Waals surface area contributed by atoms with E-state index in [9.17, 15) is 13.2 Å². The molecule has 0 spiro atoms. The van der Waals surface area contributed by atoms with Gasteiger partial charge in [0.25, 0.3) is 0 Å². The second-order valence-corrected chi connectivity index (χ2v) is 11.7. The Balaban J connectivity index is 1.31. The number of aromatic nitrogens is 1. The molecule has 0 N–H and O–H groups in total. The van der Waals surface area contributed by atoms with Gasteiger partial charge in [-0.25, -0.2) is 17.5 Å². The first-order valence-corrected chi connectivity index (χ1v) is 13.6. The third-order valence-corrected chi connectivity index (χ3v) is 8.94. The summed E-state index contributed by atoms with van der Waals surface area (Å²) in [4.78, 5) is 19.3. The SMILES string of the molecule is CN(C)S(=O)(=O)c1ccc(-c2cnc3c(c2)C(C2=CCN(C(=O)OC4CCCC4)CC2)=CC3)cc1. The summed E-state index contributed by atoms with van der Waals surface area (Å²) in [5.41, 5.74) is 6.44. The van der Waals surface area contributed by atoms with Crippen LogP contribution in [0.2, 0.25) is 0 Å². The second kappa shape index (κ2) is 9.59. The molecule has 0 atom stereocenters. The lowest BCUT2D eigenvalue weighted by Crippen LogP contribution is -2.37. The van der Waals surface area contributed by atoms with Crippen molar-refractivity contribution in [2.24, 2.45) is 0 Å². The Bertz CT molecular complexity index is 1290. The Kier molecular flexibility index (Phi) is 6.51. The van der Waals surface area contributed by atoms with Gasteiger partial charge in [-0.15, -0.1) is 0 Å². The van der Waals surface area contributed by atoms with Crippen molar-refractivity contribution in [3.05, 3.63) is 65.5 Å². The number of rotatable bonds is 5. The van der Waals surface area contributed by atoms with Crippen LogP contribution in [-0.2, 0) is 21.2 Å². The molecule has 35 heavy (non-hydrogen) atoms. The van der Waals surface area contributed by atoms with Crippen molar-refractivity contribution in [2.75, 3.05) is 27.2 Å². The van der Waals surface area contributed by atoms with Crippen molar-refractivity contribution in [1.82, 2.24) is 14.2 Å². The highest BCUT2D eigenvalue weighted by atomic mass is 32.2. The zero-order valence-electron chi connectivity index (χ0n) is 20.2. The maximum Gasteiger partial charge on any atom is 0.410 e. The van der Waals surface area contributed by atoms with Crippen LogP contribution in [0.3, 0.4) is 0 Å². The average molecular weight is 494 g/mol. The van der Waals surface area contributed by atoms with Crippen LogP contribution in [0.15, 0.2) is 59.1 Å². The van der Waals surface area contributed by atoms with Crippen LogP contribution in [0.25, 0.3) is 16.7 Å². The van der Waals surface area contributed by atoms with Gasteiger partial charge in [0.1, 0.15) is 6.10 Å². The molecule has 0 unspecified atom stereocenters. The summed E-state index contributed by atoms with van der Waals surface area (Å²) >= 11 is 0. The zero-order valence-corrected chi connectivity index (χ0v) is 21.1. The molecule has 3 aliphatic rings. The molecule has 0 saturated heterocycles. The van der Waals surface area contributed by atoms with Gasteiger partial charge in [-0.1, -0.05) is 24.3 Å². The molecule has 2 aromatic rings. The number of amides is 1. The third kappa shape index (κ3) is 4.77. The summed E-state index contributed by atoms with van der Waals surface area (Å²) in [6, 6.07) is 9.06. The number of carbonyl (C=O) groups is 1. The number of benzene rings is 1. The van der Waals surface area contributed by atoms with E-state index in [4.69, 9.17) is 9.72 Å². The molecule has 2 aliphatic carbocycles. The summed E-state index contributed by atoms with van der Waals surface area (Å²) < 4.78 is 31.6. The Morgan fingerprint density at radius 2 is 1.83 bits per heavy atom. The fourth-order valence-corrected chi connectivity index (χ4v) is 5.89. The maximum atomic E-state index is 12.5. The highest BCUT2D eigenvalue weighted by Gasteiger charge is 2.27. The molecule has 1 fully saturated rings. The number of hydrogen-bond donors (Lipinski definition) is 0. The summed E-state index contributed by atoms with van der Waals surface area (Å²) in [5, 5.41) is 0. The van der Waals surface area contributed by atoms with E-state index >= 15 is 0 Å². The van der Waals surface area contributed by atoms with Gasteiger partial charge in [-0.3, -0.25) is 4.98 Å². The van der Waals surface area contributed by atoms with Gasteiger partial charge >= 0.3 is 6.09 Å². The van der Waals surface area contributed by atoms with Crippen LogP contribution < -0.4 is 0 Å². The minimum absolute atomic E-state index is 0.0823. The van der Waals surface area contributed by atoms with E-state index in [1.54, 1.807) is 17.0 Å². The van der Waals surface area contributed by atoms with E-state index < -0.39 is 10.0 Å². The summed E-state index contributed by atoms with van der Waals surface area (Å²) in [5.74, 6) is 0. The predicted molar refractivity (Wildman–Crippen MR) is 135 cm³/mol. The number of ether oxygens (including phenoxy) is 1. The lowest BCUT2D eigenvalue weighted by Gasteiger charge is -2.27. The molecular formula is C27H31N3O4S. The van der Waals surface area contributed by atoms with Crippen molar-refractivity contribution in [3.8, 4) is 11.1 Å². The largest absolute Gasteiger partial charge is 0.446 e. The molecule has 1 amide bonds. The van der Waals surface area contributed by atoms with E-state index in [1.165, 1.54) is 29.5 Å². The predicted octanol–water partition coefficient (Wildman–Crippen LogP) is 4.65. The van der Waals surface area contributed by atoms with Gasteiger partial charge in [-0.2, -0.15) is 0 Å². The number of sulfonamides is 1. The Morgan fingerprint density at radius 3 is 2.49 bits per heavy atom. The summed E-state index contributed by atoms with van der Waals surface area (Å²) in [7, 11) is -0.408. The highest BCUT2D eigenvalue weighted by Crippen LogP contribution is 2.37. The first-order valence-electron chi connectivity index (χ1n) is 12.2. The molecular weight excluding hydrogens is 462 g/mol. The van der Waals surface area contributed by atoms with Crippen LogP contribution in [-0.4, -0.2) is 62.0 Å². The highest BCUT2D eigenvalue weighted by molar-refractivity contribution is 7.89. The molecule has 7 nitrogen and oxygen atoms in total. The number of hydrogen-bond acceptors (Lipinski definition) is 5. The van der Waals surface area contributed by atoms with E-state index in [0.717, 1.165) is 60.9 Å². The lowest BCUT2D eigenvalue weighted by atomic mass is 9.94. The van der Waals surface area contributed by atoms with Crippen molar-refractivity contribution in [3.63, 3.8) is 0 Å². The standard InChI is InChI=1S/C27H31N3O4S/c1-29(2)35(32,33)23-9-7-19(8-10-23)21-17-25-24(11-12-26(25)28-18-21)20-13-15-30(16-14-20)27(31)34-22-5-3-4-6-22/h7-11,13,17-18,22H,3-6,12,14-16H2,1-2H3. The quantitative estimate of drug-likeness (QED) is 0.606. The molecule has 0 radical (unpaired) electrons. The van der Waals surface area contributed by atoms with Gasteiger partial charge in [0.2, 0.25) is 10.0 Å². The molecule has 184 valence electrons. The minimum Gasteiger partial charge on any atom is -0.446 e. The molecule has 1 aromatic carbocycles. The van der Waals surface area contributed by atoms with Crippen LogP contribution in [0.5, 0.6) is 0 Å². The number of fused-ring (bicyclic) bond motifs is 1. The third-order valence-electron chi connectivity index (χ3n) is 7.11. The molecule has 1 aromatic heterocycles. The Morgan fingerprint density at radius 1 is 1.09 bits per heavy atom. The Labute approximate surface area is 207 Å².